The first kappa shape index (κ1) is 15.3. The van der Waals surface area contributed by atoms with E-state index in [1.807, 2.05) is 19.2 Å². The van der Waals surface area contributed by atoms with Crippen molar-refractivity contribution >= 4 is 11.6 Å². The number of anilines is 2. The van der Waals surface area contributed by atoms with Gasteiger partial charge >= 0.3 is 0 Å². The van der Waals surface area contributed by atoms with E-state index in [4.69, 9.17) is 4.74 Å². The maximum absolute atomic E-state index is 5.11. The Kier molecular flexibility index (Phi) is 5.11. The van der Waals surface area contributed by atoms with Crippen LogP contribution in [0.5, 0.6) is 0 Å². The number of aromatic nitrogens is 2. The second-order valence-corrected chi connectivity index (χ2v) is 4.96. The van der Waals surface area contributed by atoms with Gasteiger partial charge in [0, 0.05) is 20.2 Å². The molecule has 1 aromatic carbocycles. The highest BCUT2D eigenvalue weighted by atomic mass is 16.5. The van der Waals surface area contributed by atoms with Gasteiger partial charge in [0.25, 0.3) is 0 Å². The molecule has 0 bridgehead atoms. The molecule has 21 heavy (non-hydrogen) atoms. The number of rotatable bonds is 6. The van der Waals surface area contributed by atoms with Gasteiger partial charge in [-0.15, -0.1) is 0 Å². The number of nitrogens with zero attached hydrogens (tertiary/aromatic N) is 2. The molecule has 0 radical (unpaired) electrons. The van der Waals surface area contributed by atoms with Crippen molar-refractivity contribution in [1.82, 2.24) is 9.97 Å². The van der Waals surface area contributed by atoms with Gasteiger partial charge in [-0.05, 0) is 25.0 Å². The van der Waals surface area contributed by atoms with Crippen LogP contribution < -0.4 is 10.6 Å². The van der Waals surface area contributed by atoms with E-state index < -0.39 is 0 Å². The standard InChI is InChI=1S/C16H22N4O/c1-11-7-5-6-8-13(11)12(2)18-15-9-14(17-3)19-16(20-15)10-21-4/h5-9,12H,10H2,1-4H3,(H2,17,18,19,20). The van der Waals surface area contributed by atoms with Crippen LogP contribution in [0.1, 0.15) is 29.9 Å². The van der Waals surface area contributed by atoms with Gasteiger partial charge in [-0.25, -0.2) is 9.97 Å². The van der Waals surface area contributed by atoms with Crippen LogP contribution in [-0.2, 0) is 11.3 Å². The summed E-state index contributed by atoms with van der Waals surface area (Å²) in [6, 6.07) is 10.4. The number of benzene rings is 1. The first-order valence-electron chi connectivity index (χ1n) is 7.00. The second kappa shape index (κ2) is 7.04. The molecular weight excluding hydrogens is 264 g/mol. The zero-order valence-electron chi connectivity index (χ0n) is 13.0. The average molecular weight is 286 g/mol. The lowest BCUT2D eigenvalue weighted by Gasteiger charge is -2.18. The van der Waals surface area contributed by atoms with Crippen molar-refractivity contribution in [3.05, 3.63) is 47.3 Å². The zero-order valence-corrected chi connectivity index (χ0v) is 13.0. The van der Waals surface area contributed by atoms with Gasteiger partial charge < -0.3 is 15.4 Å². The van der Waals surface area contributed by atoms with E-state index in [2.05, 4.69) is 52.6 Å². The number of aryl methyl sites for hydroxylation is 1. The van der Waals surface area contributed by atoms with Crippen molar-refractivity contribution in [3.8, 4) is 0 Å². The molecule has 0 amide bonds. The third-order valence-electron chi connectivity index (χ3n) is 3.32. The van der Waals surface area contributed by atoms with Gasteiger partial charge in [0.1, 0.15) is 18.2 Å². The normalized spacial score (nSPS) is 12.0. The number of nitrogens with one attached hydrogen (secondary N) is 2. The van der Waals surface area contributed by atoms with Gasteiger partial charge in [-0.2, -0.15) is 0 Å². The lowest BCUT2D eigenvalue weighted by molar-refractivity contribution is 0.178. The summed E-state index contributed by atoms with van der Waals surface area (Å²) >= 11 is 0. The summed E-state index contributed by atoms with van der Waals surface area (Å²) in [7, 11) is 3.48. The molecule has 5 heteroatoms. The van der Waals surface area contributed by atoms with E-state index in [0.29, 0.717) is 12.4 Å². The summed E-state index contributed by atoms with van der Waals surface area (Å²) < 4.78 is 5.11. The Morgan fingerprint density at radius 1 is 1.19 bits per heavy atom. The molecule has 1 unspecified atom stereocenters. The van der Waals surface area contributed by atoms with E-state index in [9.17, 15) is 0 Å². The molecule has 2 rings (SSSR count). The summed E-state index contributed by atoms with van der Waals surface area (Å²) in [5, 5.41) is 6.47. The first-order valence-corrected chi connectivity index (χ1v) is 7.00. The fraction of sp³-hybridized carbons (Fsp3) is 0.375. The molecule has 0 fully saturated rings. The summed E-state index contributed by atoms with van der Waals surface area (Å²) in [5.74, 6) is 2.22. The van der Waals surface area contributed by atoms with Crippen LogP contribution in [0.25, 0.3) is 0 Å². The molecular formula is C16H22N4O. The molecule has 2 N–H and O–H groups in total. The minimum atomic E-state index is 0.168. The van der Waals surface area contributed by atoms with Crippen molar-refractivity contribution in [1.29, 1.82) is 0 Å². The smallest absolute Gasteiger partial charge is 0.158 e. The van der Waals surface area contributed by atoms with Gasteiger partial charge in [0.05, 0.1) is 6.04 Å². The SMILES string of the molecule is CNc1cc(NC(C)c2ccccc2C)nc(COC)n1. The largest absolute Gasteiger partial charge is 0.377 e. The van der Waals surface area contributed by atoms with Crippen molar-refractivity contribution in [2.75, 3.05) is 24.8 Å². The van der Waals surface area contributed by atoms with Crippen LogP contribution in [0.2, 0.25) is 0 Å². The van der Waals surface area contributed by atoms with E-state index in [0.717, 1.165) is 11.6 Å². The lowest BCUT2D eigenvalue weighted by atomic mass is 10.0. The number of methoxy groups -OCH3 is 1. The first-order chi connectivity index (χ1) is 10.1. The topological polar surface area (TPSA) is 59.1 Å². The van der Waals surface area contributed by atoms with Crippen LogP contribution in [0.15, 0.2) is 30.3 Å². The molecule has 0 spiro atoms. The van der Waals surface area contributed by atoms with Crippen LogP contribution in [0.3, 0.4) is 0 Å². The Bertz CT molecular complexity index is 601. The van der Waals surface area contributed by atoms with Crippen molar-refractivity contribution < 1.29 is 4.74 Å². The Balaban J connectivity index is 2.22. The second-order valence-electron chi connectivity index (χ2n) is 4.96. The Morgan fingerprint density at radius 2 is 1.90 bits per heavy atom. The summed E-state index contributed by atoms with van der Waals surface area (Å²) in [4.78, 5) is 8.83. The molecule has 112 valence electrons. The molecule has 1 atom stereocenters. The Morgan fingerprint density at radius 3 is 2.57 bits per heavy atom. The van der Waals surface area contributed by atoms with Crippen LogP contribution in [0.4, 0.5) is 11.6 Å². The third-order valence-corrected chi connectivity index (χ3v) is 3.32. The lowest BCUT2D eigenvalue weighted by Crippen LogP contribution is -2.11. The number of hydrogen-bond donors (Lipinski definition) is 2. The van der Waals surface area contributed by atoms with E-state index >= 15 is 0 Å². The predicted octanol–water partition coefficient (Wildman–Crippen LogP) is 3.15. The minimum absolute atomic E-state index is 0.168. The highest BCUT2D eigenvalue weighted by Crippen LogP contribution is 2.22. The molecule has 0 aliphatic rings. The highest BCUT2D eigenvalue weighted by molar-refractivity contribution is 5.49. The van der Waals surface area contributed by atoms with Crippen molar-refractivity contribution in [2.24, 2.45) is 0 Å². The highest BCUT2D eigenvalue weighted by Gasteiger charge is 2.10. The molecule has 0 aliphatic heterocycles. The van der Waals surface area contributed by atoms with Gasteiger partial charge in [-0.3, -0.25) is 0 Å². The summed E-state index contributed by atoms with van der Waals surface area (Å²) in [5.41, 5.74) is 2.52. The van der Waals surface area contributed by atoms with Crippen molar-refractivity contribution in [2.45, 2.75) is 26.5 Å². The fourth-order valence-corrected chi connectivity index (χ4v) is 2.26. The van der Waals surface area contributed by atoms with Gasteiger partial charge in [0.15, 0.2) is 5.82 Å². The number of hydrogen-bond acceptors (Lipinski definition) is 5. The molecule has 0 saturated carbocycles. The van der Waals surface area contributed by atoms with Crippen LogP contribution in [0, 0.1) is 6.92 Å². The van der Waals surface area contributed by atoms with Gasteiger partial charge in [0.2, 0.25) is 0 Å². The quantitative estimate of drug-likeness (QED) is 0.854. The zero-order chi connectivity index (χ0) is 15.2. The molecule has 5 nitrogen and oxygen atoms in total. The Hall–Kier alpha value is -2.14. The average Bonchev–Trinajstić information content (AvgIpc) is 2.47. The monoisotopic (exact) mass is 286 g/mol. The van der Waals surface area contributed by atoms with E-state index in [-0.39, 0.29) is 6.04 Å². The van der Waals surface area contributed by atoms with Crippen LogP contribution >= 0.6 is 0 Å². The molecule has 0 aliphatic carbocycles. The summed E-state index contributed by atoms with van der Waals surface area (Å²) in [6.45, 7) is 4.63. The Labute approximate surface area is 125 Å². The maximum atomic E-state index is 5.11. The fourth-order valence-electron chi connectivity index (χ4n) is 2.26. The van der Waals surface area contributed by atoms with E-state index in [1.165, 1.54) is 11.1 Å². The maximum Gasteiger partial charge on any atom is 0.158 e. The predicted molar refractivity (Wildman–Crippen MR) is 85.5 cm³/mol. The van der Waals surface area contributed by atoms with Crippen molar-refractivity contribution in [3.63, 3.8) is 0 Å². The van der Waals surface area contributed by atoms with Gasteiger partial charge in [-0.1, -0.05) is 24.3 Å². The van der Waals surface area contributed by atoms with Crippen LogP contribution in [-0.4, -0.2) is 24.1 Å². The summed E-state index contributed by atoms with van der Waals surface area (Å²) in [6.07, 6.45) is 0. The minimum Gasteiger partial charge on any atom is -0.377 e. The third kappa shape index (κ3) is 3.92. The molecule has 1 heterocycles. The van der Waals surface area contributed by atoms with E-state index in [1.54, 1.807) is 7.11 Å². The molecule has 0 saturated heterocycles. The molecule has 1 aromatic heterocycles. The number of ether oxygens (including phenoxy) is 1. The molecule has 2 aromatic rings.